The number of carbonyl (C=O) groups is 1. The number of hydrogen-bond acceptors (Lipinski definition) is 6. The Morgan fingerprint density at radius 2 is 1.93 bits per heavy atom. The van der Waals surface area contributed by atoms with Crippen molar-refractivity contribution in [3.05, 3.63) is 60.1 Å². The van der Waals surface area contributed by atoms with Crippen molar-refractivity contribution in [1.29, 1.82) is 0 Å². The number of nitrogens with zero attached hydrogens (tertiary/aromatic N) is 5. The summed E-state index contributed by atoms with van der Waals surface area (Å²) in [6, 6.07) is 13.2. The van der Waals surface area contributed by atoms with Crippen LogP contribution in [-0.4, -0.2) is 49.3 Å². The van der Waals surface area contributed by atoms with E-state index in [1.165, 1.54) is 4.90 Å². The van der Waals surface area contributed by atoms with Gasteiger partial charge < -0.3 is 14.5 Å². The number of hydrogen-bond donors (Lipinski definition) is 1. The molecule has 0 saturated carbocycles. The van der Waals surface area contributed by atoms with Gasteiger partial charge in [-0.1, -0.05) is 23.4 Å². The van der Waals surface area contributed by atoms with Crippen molar-refractivity contribution < 1.29 is 14.4 Å². The predicted octanol–water partition coefficient (Wildman–Crippen LogP) is 2.41. The normalized spacial score (nSPS) is 19.4. The Bertz CT molecular complexity index is 1240. The van der Waals surface area contributed by atoms with Gasteiger partial charge in [-0.2, -0.15) is 5.10 Å². The highest BCUT2D eigenvalue weighted by Crippen LogP contribution is 2.35. The minimum Gasteiger partial charge on any atom is -0.373 e. The zero-order valence-corrected chi connectivity index (χ0v) is 16.0. The fourth-order valence-corrected chi connectivity index (χ4v) is 3.68. The molecule has 29 heavy (non-hydrogen) atoms. The summed E-state index contributed by atoms with van der Waals surface area (Å²) in [6.45, 7) is 2.40. The second-order valence-electron chi connectivity index (χ2n) is 7.40. The van der Waals surface area contributed by atoms with Gasteiger partial charge in [-0.15, -0.1) is 0 Å². The van der Waals surface area contributed by atoms with Gasteiger partial charge in [0, 0.05) is 37.2 Å². The molecule has 1 aromatic carbocycles. The van der Waals surface area contributed by atoms with Gasteiger partial charge in [-0.3, -0.25) is 4.79 Å². The molecule has 3 aromatic heterocycles. The molecule has 146 valence electrons. The third kappa shape index (κ3) is 2.80. The molecule has 0 aliphatic carbocycles. The van der Waals surface area contributed by atoms with E-state index in [1.54, 1.807) is 17.6 Å². The van der Waals surface area contributed by atoms with E-state index in [1.807, 2.05) is 49.5 Å². The number of aliphatic hydroxyl groups is 1. The van der Waals surface area contributed by atoms with Crippen LogP contribution in [0.5, 0.6) is 0 Å². The number of likely N-dealkylation sites (tertiary alicyclic amines) is 1. The van der Waals surface area contributed by atoms with E-state index < -0.39 is 5.60 Å². The van der Waals surface area contributed by atoms with Gasteiger partial charge in [-0.05, 0) is 25.1 Å². The van der Waals surface area contributed by atoms with Crippen molar-refractivity contribution in [1.82, 2.24) is 24.7 Å². The molecule has 1 aliphatic heterocycles. The lowest BCUT2D eigenvalue weighted by Crippen LogP contribution is -2.35. The number of imidazole rings is 1. The lowest BCUT2D eigenvalue weighted by molar-refractivity contribution is -0.144. The number of amides is 1. The monoisotopic (exact) mass is 389 g/mol. The zero-order chi connectivity index (χ0) is 20.2. The Balaban J connectivity index is 1.50. The van der Waals surface area contributed by atoms with Gasteiger partial charge in [0.2, 0.25) is 5.60 Å². The first kappa shape index (κ1) is 17.6. The molecule has 0 radical (unpaired) electrons. The lowest BCUT2D eigenvalue weighted by Gasteiger charge is -2.16. The van der Waals surface area contributed by atoms with Crippen LogP contribution in [0.1, 0.15) is 17.9 Å². The standard InChI is InChI=1S/C21H19N5O3/c1-13-12-26-19(22-13)7-6-16(23-26)14-4-3-5-15(10-14)17-11-18(29-24-17)21(28)8-9-25(2)20(21)27/h3-7,10-12,28H,8-9H2,1-2H3/t21-/m1/s1. The van der Waals surface area contributed by atoms with Crippen molar-refractivity contribution in [2.45, 2.75) is 18.9 Å². The fourth-order valence-electron chi connectivity index (χ4n) is 3.68. The fraction of sp³-hybridized carbons (Fsp3) is 0.238. The summed E-state index contributed by atoms with van der Waals surface area (Å²) in [4.78, 5) is 18.2. The number of benzene rings is 1. The smallest absolute Gasteiger partial charge is 0.262 e. The summed E-state index contributed by atoms with van der Waals surface area (Å²) in [7, 11) is 1.66. The zero-order valence-electron chi connectivity index (χ0n) is 16.0. The van der Waals surface area contributed by atoms with Crippen LogP contribution in [0, 0.1) is 6.92 Å². The van der Waals surface area contributed by atoms with Crippen LogP contribution in [-0.2, 0) is 10.4 Å². The number of likely N-dealkylation sites (N-methyl/N-ethyl adjacent to an activating group) is 1. The molecule has 8 heteroatoms. The highest BCUT2D eigenvalue weighted by molar-refractivity contribution is 5.87. The number of aryl methyl sites for hydroxylation is 1. The summed E-state index contributed by atoms with van der Waals surface area (Å²) in [5.74, 6) is -0.206. The maximum Gasteiger partial charge on any atom is 0.262 e. The van der Waals surface area contributed by atoms with Crippen LogP contribution in [0.4, 0.5) is 0 Å². The van der Waals surface area contributed by atoms with Crippen LogP contribution in [0.2, 0.25) is 0 Å². The van der Waals surface area contributed by atoms with Crippen LogP contribution in [0.25, 0.3) is 28.2 Å². The number of aromatic nitrogens is 4. The maximum absolute atomic E-state index is 12.3. The first-order chi connectivity index (χ1) is 13.9. The first-order valence-electron chi connectivity index (χ1n) is 9.33. The largest absolute Gasteiger partial charge is 0.373 e. The Morgan fingerprint density at radius 3 is 2.69 bits per heavy atom. The van der Waals surface area contributed by atoms with E-state index in [0.29, 0.717) is 12.2 Å². The minimum absolute atomic E-state index is 0.167. The van der Waals surface area contributed by atoms with E-state index in [4.69, 9.17) is 4.52 Å². The van der Waals surface area contributed by atoms with Gasteiger partial charge in [0.25, 0.3) is 5.91 Å². The lowest BCUT2D eigenvalue weighted by atomic mass is 9.98. The highest BCUT2D eigenvalue weighted by atomic mass is 16.5. The summed E-state index contributed by atoms with van der Waals surface area (Å²) in [5.41, 5.74) is 3.12. The molecule has 1 amide bonds. The van der Waals surface area contributed by atoms with Crippen LogP contribution >= 0.6 is 0 Å². The Hall–Kier alpha value is -3.52. The third-order valence-electron chi connectivity index (χ3n) is 5.32. The molecule has 1 fully saturated rings. The number of rotatable bonds is 3. The average molecular weight is 389 g/mol. The third-order valence-corrected chi connectivity index (χ3v) is 5.32. The van der Waals surface area contributed by atoms with Crippen molar-refractivity contribution >= 4 is 11.6 Å². The molecule has 5 rings (SSSR count). The van der Waals surface area contributed by atoms with Gasteiger partial charge in [0.1, 0.15) is 5.69 Å². The summed E-state index contributed by atoms with van der Waals surface area (Å²) >= 11 is 0. The molecule has 1 saturated heterocycles. The maximum atomic E-state index is 12.3. The summed E-state index contributed by atoms with van der Waals surface area (Å²) in [5, 5.41) is 19.5. The van der Waals surface area contributed by atoms with Gasteiger partial charge >= 0.3 is 0 Å². The molecule has 0 unspecified atom stereocenters. The molecule has 0 bridgehead atoms. The number of carbonyl (C=O) groups excluding carboxylic acids is 1. The highest BCUT2D eigenvalue weighted by Gasteiger charge is 2.48. The van der Waals surface area contributed by atoms with Crippen LogP contribution in [0.15, 0.2) is 53.2 Å². The van der Waals surface area contributed by atoms with E-state index in [-0.39, 0.29) is 18.1 Å². The average Bonchev–Trinajstić information content (AvgIpc) is 3.42. The summed E-state index contributed by atoms with van der Waals surface area (Å²) < 4.78 is 7.11. The molecule has 1 aliphatic rings. The van der Waals surface area contributed by atoms with Crippen molar-refractivity contribution in [3.63, 3.8) is 0 Å². The van der Waals surface area contributed by atoms with Crippen molar-refractivity contribution in [2.75, 3.05) is 13.6 Å². The van der Waals surface area contributed by atoms with Gasteiger partial charge in [0.05, 0.1) is 17.6 Å². The van der Waals surface area contributed by atoms with Gasteiger partial charge in [-0.25, -0.2) is 9.50 Å². The van der Waals surface area contributed by atoms with Crippen LogP contribution in [0.3, 0.4) is 0 Å². The predicted molar refractivity (Wildman–Crippen MR) is 105 cm³/mol. The van der Waals surface area contributed by atoms with E-state index in [9.17, 15) is 9.90 Å². The van der Waals surface area contributed by atoms with E-state index in [0.717, 1.165) is 28.2 Å². The molecular formula is C21H19N5O3. The summed E-state index contributed by atoms with van der Waals surface area (Å²) in [6.07, 6.45) is 2.16. The SMILES string of the molecule is Cc1cn2nc(-c3cccc(-c4cc([C@]5(O)CCN(C)C5=O)on4)c3)ccc2n1. The number of fused-ring (bicyclic) bond motifs is 1. The topological polar surface area (TPSA) is 96.8 Å². The van der Waals surface area contributed by atoms with Crippen LogP contribution < -0.4 is 0 Å². The van der Waals surface area contributed by atoms with Crippen molar-refractivity contribution in [2.24, 2.45) is 0 Å². The molecule has 4 aromatic rings. The molecule has 0 spiro atoms. The molecule has 1 N–H and O–H groups in total. The quantitative estimate of drug-likeness (QED) is 0.578. The first-order valence-corrected chi connectivity index (χ1v) is 9.33. The minimum atomic E-state index is -1.65. The molecular weight excluding hydrogens is 370 g/mol. The Labute approximate surface area is 166 Å². The second-order valence-corrected chi connectivity index (χ2v) is 7.40. The second kappa shape index (κ2) is 6.25. The van der Waals surface area contributed by atoms with E-state index in [2.05, 4.69) is 15.2 Å². The van der Waals surface area contributed by atoms with Crippen molar-refractivity contribution in [3.8, 4) is 22.5 Å². The van der Waals surface area contributed by atoms with Gasteiger partial charge in [0.15, 0.2) is 11.4 Å². The van der Waals surface area contributed by atoms with E-state index >= 15 is 0 Å². The molecule has 4 heterocycles. The molecule has 1 atom stereocenters. The molecule has 8 nitrogen and oxygen atoms in total. The Morgan fingerprint density at radius 1 is 1.14 bits per heavy atom. The Kier molecular flexibility index (Phi) is 3.78.